The van der Waals surface area contributed by atoms with Gasteiger partial charge in [-0.05, 0) is 0 Å². The third kappa shape index (κ3) is 13.5. The van der Waals surface area contributed by atoms with E-state index in [1.165, 1.54) is 0 Å². The molecule has 0 bridgehead atoms. The van der Waals surface area contributed by atoms with Crippen LogP contribution >= 0.6 is 0 Å². The van der Waals surface area contributed by atoms with Gasteiger partial charge in [-0.25, -0.2) is 0 Å². The summed E-state index contributed by atoms with van der Waals surface area (Å²) in [6, 6.07) is 0. The Hall–Kier alpha value is -1.28. The molecule has 21 heavy (non-hydrogen) atoms. The summed E-state index contributed by atoms with van der Waals surface area (Å²) in [5.41, 5.74) is 0. The summed E-state index contributed by atoms with van der Waals surface area (Å²) in [6.45, 7) is -2.25. The van der Waals surface area contributed by atoms with E-state index in [-0.39, 0.29) is 40.4 Å². The molecule has 0 heterocycles. The molecule has 0 aromatic carbocycles. The normalized spacial score (nSPS) is 10.2. The van der Waals surface area contributed by atoms with E-state index >= 15 is 0 Å². The van der Waals surface area contributed by atoms with Crippen molar-refractivity contribution in [3.05, 3.63) is 0 Å². The van der Waals surface area contributed by atoms with Crippen LogP contribution in [0.4, 0.5) is 0 Å². The summed E-state index contributed by atoms with van der Waals surface area (Å²) < 4.78 is 0. The van der Waals surface area contributed by atoms with Gasteiger partial charge in [0.15, 0.2) is 0 Å². The molecular weight excluding hydrogens is 483 g/mol. The molecule has 0 aliphatic heterocycles. The zero-order chi connectivity index (χ0) is 15.7. The van der Waals surface area contributed by atoms with E-state index in [0.29, 0.717) is 0 Å². The number of aliphatic carboxylic acids is 4. The number of carbonyl (C=O) groups is 4. The van der Waals surface area contributed by atoms with Crippen molar-refractivity contribution in [3.8, 4) is 0 Å². The minimum absolute atomic E-state index is 0. The number of hydrogen-bond donors (Lipinski definition) is 4. The molecule has 120 valence electrons. The van der Waals surface area contributed by atoms with Gasteiger partial charge in [-0.3, -0.25) is 29.0 Å². The fraction of sp³-hybridized carbons (Fsp3) is 0.600. The summed E-state index contributed by atoms with van der Waals surface area (Å²) in [4.78, 5) is 44.4. The van der Waals surface area contributed by atoms with Crippen LogP contribution in [0.2, 0.25) is 0 Å². The quantitative estimate of drug-likeness (QED) is 0.216. The van der Waals surface area contributed by atoms with Crippen molar-refractivity contribution in [1.29, 1.82) is 0 Å². The summed E-state index contributed by atoms with van der Waals surface area (Å²) in [6.07, 6.45) is 0. The van der Waals surface area contributed by atoms with Crippen molar-refractivity contribution in [1.82, 2.24) is 9.80 Å². The Balaban J connectivity index is 0. The summed E-state index contributed by atoms with van der Waals surface area (Å²) >= 11 is 0. The van der Waals surface area contributed by atoms with Crippen LogP contribution in [0.3, 0.4) is 0 Å². The molecule has 0 spiro atoms. The molecule has 4 N–H and O–H groups in total. The van der Waals surface area contributed by atoms with Crippen LogP contribution in [0.5, 0.6) is 0 Å². The topological polar surface area (TPSA) is 156 Å². The van der Waals surface area contributed by atoms with Gasteiger partial charge in [-0.2, -0.15) is 0 Å². The SMILES string of the molecule is O=C(O)CN(CCN(CC(=O)O)CC(=O)O)CC(=O)O.[PbH2]. The van der Waals surface area contributed by atoms with Crippen LogP contribution in [0.15, 0.2) is 0 Å². The average molecular weight is 501 g/mol. The van der Waals surface area contributed by atoms with Crippen molar-refractivity contribution in [3.63, 3.8) is 0 Å². The van der Waals surface area contributed by atoms with Crippen LogP contribution in [0.25, 0.3) is 0 Å². The number of carboxylic acid groups (broad SMARTS) is 4. The molecule has 0 fully saturated rings. The predicted molar refractivity (Wildman–Crippen MR) is 72.0 cm³/mol. The van der Waals surface area contributed by atoms with Crippen LogP contribution in [0, 0.1) is 0 Å². The molecule has 0 saturated carbocycles. The van der Waals surface area contributed by atoms with Crippen molar-refractivity contribution in [2.75, 3.05) is 39.3 Å². The Kier molecular flexibility index (Phi) is 11.9. The van der Waals surface area contributed by atoms with E-state index in [1.807, 2.05) is 0 Å². The first-order valence-electron chi connectivity index (χ1n) is 5.52. The maximum atomic E-state index is 10.6. The van der Waals surface area contributed by atoms with Gasteiger partial charge in [0.05, 0.1) is 26.2 Å². The van der Waals surface area contributed by atoms with Gasteiger partial charge in [-0.15, -0.1) is 0 Å². The van der Waals surface area contributed by atoms with Gasteiger partial charge in [0.2, 0.25) is 0 Å². The van der Waals surface area contributed by atoms with Gasteiger partial charge < -0.3 is 20.4 Å². The second kappa shape index (κ2) is 11.4. The number of rotatable bonds is 11. The first-order chi connectivity index (χ1) is 9.20. The van der Waals surface area contributed by atoms with Crippen molar-refractivity contribution in [2.45, 2.75) is 0 Å². The number of nitrogens with zero attached hydrogens (tertiary/aromatic N) is 2. The minimum atomic E-state index is -1.23. The average Bonchev–Trinajstić information content (AvgIpc) is 2.22. The third-order valence-corrected chi connectivity index (χ3v) is 2.17. The molecular formula is C10H18N2O8Pb. The molecule has 11 heteroatoms. The van der Waals surface area contributed by atoms with E-state index in [4.69, 9.17) is 20.4 Å². The van der Waals surface area contributed by atoms with Crippen LogP contribution in [0.1, 0.15) is 0 Å². The van der Waals surface area contributed by atoms with Gasteiger partial charge in [0.1, 0.15) is 0 Å². The molecule has 0 unspecified atom stereocenters. The molecule has 0 atom stereocenters. The molecule has 0 saturated heterocycles. The Bertz CT molecular complexity index is 321. The van der Waals surface area contributed by atoms with E-state index in [1.54, 1.807) is 0 Å². The van der Waals surface area contributed by atoms with E-state index in [2.05, 4.69) is 0 Å². The van der Waals surface area contributed by atoms with E-state index in [9.17, 15) is 19.2 Å². The fourth-order valence-electron chi connectivity index (χ4n) is 1.48. The first-order valence-corrected chi connectivity index (χ1v) is 5.52. The molecule has 10 nitrogen and oxygen atoms in total. The summed E-state index contributed by atoms with van der Waals surface area (Å²) in [5, 5.41) is 34.5. The van der Waals surface area contributed by atoms with Crippen LogP contribution in [-0.2, 0) is 19.2 Å². The Labute approximate surface area is 140 Å². The molecule has 0 amide bonds. The molecule has 0 aromatic heterocycles. The summed E-state index contributed by atoms with van der Waals surface area (Å²) in [7, 11) is 0. The molecule has 0 aliphatic carbocycles. The Morgan fingerprint density at radius 2 is 0.762 bits per heavy atom. The van der Waals surface area contributed by atoms with Gasteiger partial charge in [-0.1, -0.05) is 0 Å². The van der Waals surface area contributed by atoms with Crippen molar-refractivity contribution < 1.29 is 39.6 Å². The second-order valence-corrected chi connectivity index (χ2v) is 4.00. The first kappa shape index (κ1) is 22.0. The van der Waals surface area contributed by atoms with Gasteiger partial charge in [0, 0.05) is 13.1 Å². The van der Waals surface area contributed by atoms with Crippen molar-refractivity contribution >= 4 is 51.2 Å². The molecule has 0 aromatic rings. The monoisotopic (exact) mass is 502 g/mol. The van der Waals surface area contributed by atoms with Crippen LogP contribution in [-0.4, -0.2) is 121 Å². The zero-order valence-electron chi connectivity index (χ0n) is 11.3. The van der Waals surface area contributed by atoms with Gasteiger partial charge in [0.25, 0.3) is 0 Å². The van der Waals surface area contributed by atoms with E-state index < -0.39 is 50.1 Å². The standard InChI is InChI=1S/C10H16N2O8.Pb.2H/c13-7(14)3-11(4-8(15)16)1-2-12(5-9(17)18)6-10(19)20;;;/h1-6H2,(H,13,14)(H,15,16)(H,17,18)(H,19,20);;;. The maximum absolute atomic E-state index is 10.6. The predicted octanol–water partition coefficient (Wildman–Crippen LogP) is -2.99. The number of carboxylic acids is 4. The molecule has 0 aliphatic rings. The van der Waals surface area contributed by atoms with E-state index in [0.717, 1.165) is 9.80 Å². The number of hydrogen-bond acceptors (Lipinski definition) is 6. The Morgan fingerprint density at radius 1 is 0.571 bits per heavy atom. The summed E-state index contributed by atoms with van der Waals surface area (Å²) in [5.74, 6) is -4.91. The fourth-order valence-corrected chi connectivity index (χ4v) is 1.48. The third-order valence-electron chi connectivity index (χ3n) is 2.17. The Morgan fingerprint density at radius 3 is 0.905 bits per heavy atom. The molecule has 2 radical (unpaired) electrons. The van der Waals surface area contributed by atoms with Gasteiger partial charge >= 0.3 is 51.2 Å². The zero-order valence-corrected chi connectivity index (χ0v) is 16.8. The van der Waals surface area contributed by atoms with Crippen LogP contribution < -0.4 is 0 Å². The molecule has 0 rings (SSSR count). The van der Waals surface area contributed by atoms with Crippen molar-refractivity contribution in [2.24, 2.45) is 0 Å². The second-order valence-electron chi connectivity index (χ2n) is 4.00.